The zero-order valence-electron chi connectivity index (χ0n) is 16.2. The molecular formula is C21H25NO5. The van der Waals surface area contributed by atoms with E-state index in [2.05, 4.69) is 0 Å². The summed E-state index contributed by atoms with van der Waals surface area (Å²) in [6.45, 7) is 4.97. The number of fused-ring (bicyclic) bond motifs is 1. The predicted octanol–water partition coefficient (Wildman–Crippen LogP) is 3.41. The summed E-state index contributed by atoms with van der Waals surface area (Å²) >= 11 is 0. The Balaban J connectivity index is 1.93. The average Bonchev–Trinajstić information content (AvgIpc) is 3.13. The lowest BCUT2D eigenvalue weighted by atomic mass is 10.0. The van der Waals surface area contributed by atoms with Crippen molar-refractivity contribution in [1.29, 1.82) is 0 Å². The van der Waals surface area contributed by atoms with Crippen LogP contribution in [0.3, 0.4) is 0 Å². The molecule has 0 spiro atoms. The smallest absolute Gasteiger partial charge is 0.258 e. The molecule has 0 aromatic heterocycles. The highest BCUT2D eigenvalue weighted by Gasteiger charge is 2.26. The van der Waals surface area contributed by atoms with Gasteiger partial charge in [0.05, 0.1) is 25.3 Å². The van der Waals surface area contributed by atoms with E-state index < -0.39 is 0 Å². The number of amides is 1. The van der Waals surface area contributed by atoms with Gasteiger partial charge in [-0.3, -0.25) is 4.79 Å². The van der Waals surface area contributed by atoms with E-state index in [4.69, 9.17) is 18.9 Å². The number of carbonyl (C=O) groups excluding carboxylic acids is 1. The van der Waals surface area contributed by atoms with Crippen molar-refractivity contribution < 1.29 is 23.7 Å². The molecular weight excluding hydrogens is 346 g/mol. The molecule has 144 valence electrons. The van der Waals surface area contributed by atoms with Gasteiger partial charge in [0, 0.05) is 13.7 Å². The number of ether oxygens (including phenoxy) is 4. The number of nitrogens with zero attached hydrogens (tertiary/aromatic N) is 1. The standard InChI is InChI=1S/C21H25NO5/c1-14-6-5-7-18(25-4)20(14)21(23)22(15(2)12-24-3)11-16-8-9-17-19(10-16)27-13-26-17/h5-10,15H,11-13H2,1-4H3. The van der Waals surface area contributed by atoms with Gasteiger partial charge in [-0.15, -0.1) is 0 Å². The van der Waals surface area contributed by atoms with Crippen molar-refractivity contribution in [1.82, 2.24) is 4.90 Å². The molecule has 1 unspecified atom stereocenters. The minimum atomic E-state index is -0.114. The van der Waals surface area contributed by atoms with Gasteiger partial charge in [-0.05, 0) is 43.2 Å². The van der Waals surface area contributed by atoms with Gasteiger partial charge in [0.2, 0.25) is 6.79 Å². The van der Waals surface area contributed by atoms with Crippen LogP contribution in [0.15, 0.2) is 36.4 Å². The Morgan fingerprint density at radius 2 is 1.96 bits per heavy atom. The first-order chi connectivity index (χ1) is 13.0. The third kappa shape index (κ3) is 4.01. The van der Waals surface area contributed by atoms with Gasteiger partial charge < -0.3 is 23.8 Å². The highest BCUT2D eigenvalue weighted by atomic mass is 16.7. The van der Waals surface area contributed by atoms with Crippen molar-refractivity contribution in [2.75, 3.05) is 27.6 Å². The van der Waals surface area contributed by atoms with Crippen LogP contribution in [0.25, 0.3) is 0 Å². The van der Waals surface area contributed by atoms with E-state index >= 15 is 0 Å². The summed E-state index contributed by atoms with van der Waals surface area (Å²) < 4.78 is 21.6. The second-order valence-corrected chi connectivity index (χ2v) is 6.58. The monoisotopic (exact) mass is 371 g/mol. The number of benzene rings is 2. The molecule has 1 amide bonds. The predicted molar refractivity (Wildman–Crippen MR) is 102 cm³/mol. The molecule has 1 aliphatic rings. The third-order valence-electron chi connectivity index (χ3n) is 4.66. The summed E-state index contributed by atoms with van der Waals surface area (Å²) in [5.41, 5.74) is 2.41. The number of carbonyl (C=O) groups is 1. The quantitative estimate of drug-likeness (QED) is 0.747. The lowest BCUT2D eigenvalue weighted by molar-refractivity contribution is 0.0538. The number of hydrogen-bond donors (Lipinski definition) is 0. The molecule has 6 heteroatoms. The molecule has 1 heterocycles. The van der Waals surface area contributed by atoms with Crippen LogP contribution in [0, 0.1) is 6.92 Å². The van der Waals surface area contributed by atoms with E-state index in [0.717, 1.165) is 16.9 Å². The molecule has 2 aromatic carbocycles. The number of hydrogen-bond acceptors (Lipinski definition) is 5. The Labute approximate surface area is 159 Å². The Hall–Kier alpha value is -2.73. The Bertz CT molecular complexity index is 820. The molecule has 27 heavy (non-hydrogen) atoms. The molecule has 1 atom stereocenters. The molecule has 0 saturated heterocycles. The fourth-order valence-electron chi connectivity index (χ4n) is 3.22. The maximum atomic E-state index is 13.4. The van der Waals surface area contributed by atoms with E-state index in [0.29, 0.717) is 30.2 Å². The summed E-state index contributed by atoms with van der Waals surface area (Å²) in [7, 11) is 3.21. The molecule has 0 radical (unpaired) electrons. The van der Waals surface area contributed by atoms with Gasteiger partial charge in [-0.1, -0.05) is 18.2 Å². The minimum absolute atomic E-state index is 0.0906. The lowest BCUT2D eigenvalue weighted by Gasteiger charge is -2.30. The second-order valence-electron chi connectivity index (χ2n) is 6.58. The van der Waals surface area contributed by atoms with E-state index in [-0.39, 0.29) is 18.7 Å². The molecule has 6 nitrogen and oxygen atoms in total. The fourth-order valence-corrected chi connectivity index (χ4v) is 3.22. The average molecular weight is 371 g/mol. The summed E-state index contributed by atoms with van der Waals surface area (Å²) in [5.74, 6) is 1.90. The van der Waals surface area contributed by atoms with Crippen molar-refractivity contribution in [3.8, 4) is 17.2 Å². The largest absolute Gasteiger partial charge is 0.496 e. The first kappa shape index (κ1) is 19.0. The summed E-state index contributed by atoms with van der Waals surface area (Å²) in [5, 5.41) is 0. The highest BCUT2D eigenvalue weighted by molar-refractivity contribution is 5.98. The van der Waals surface area contributed by atoms with Crippen molar-refractivity contribution in [3.05, 3.63) is 53.1 Å². The van der Waals surface area contributed by atoms with E-state index in [1.807, 2.05) is 44.2 Å². The second kappa shape index (κ2) is 8.31. The molecule has 0 fully saturated rings. The summed E-state index contributed by atoms with van der Waals surface area (Å²) in [6.07, 6.45) is 0. The lowest BCUT2D eigenvalue weighted by Crippen LogP contribution is -2.41. The summed E-state index contributed by atoms with van der Waals surface area (Å²) in [6, 6.07) is 11.2. The van der Waals surface area contributed by atoms with Crippen LogP contribution >= 0.6 is 0 Å². The van der Waals surface area contributed by atoms with Crippen LogP contribution in [0.1, 0.15) is 28.4 Å². The third-order valence-corrected chi connectivity index (χ3v) is 4.66. The fraction of sp³-hybridized carbons (Fsp3) is 0.381. The zero-order chi connectivity index (χ0) is 19.4. The Morgan fingerprint density at radius 1 is 1.19 bits per heavy atom. The highest BCUT2D eigenvalue weighted by Crippen LogP contribution is 2.33. The minimum Gasteiger partial charge on any atom is -0.496 e. The summed E-state index contributed by atoms with van der Waals surface area (Å²) in [4.78, 5) is 15.2. The first-order valence-corrected chi connectivity index (χ1v) is 8.87. The van der Waals surface area contributed by atoms with Crippen LogP contribution in [0.4, 0.5) is 0 Å². The maximum absolute atomic E-state index is 13.4. The van der Waals surface area contributed by atoms with Gasteiger partial charge >= 0.3 is 0 Å². The van der Waals surface area contributed by atoms with Gasteiger partial charge in [0.15, 0.2) is 11.5 Å². The Kier molecular flexibility index (Phi) is 5.86. The van der Waals surface area contributed by atoms with E-state index in [9.17, 15) is 4.79 Å². The van der Waals surface area contributed by atoms with E-state index in [1.165, 1.54) is 0 Å². The van der Waals surface area contributed by atoms with Crippen molar-refractivity contribution in [2.24, 2.45) is 0 Å². The van der Waals surface area contributed by atoms with Gasteiger partial charge in [-0.2, -0.15) is 0 Å². The SMILES string of the molecule is COCC(C)N(Cc1ccc2c(c1)OCO2)C(=O)c1c(C)cccc1OC. The van der Waals surface area contributed by atoms with Crippen molar-refractivity contribution in [3.63, 3.8) is 0 Å². The molecule has 1 aliphatic heterocycles. The zero-order valence-corrected chi connectivity index (χ0v) is 16.2. The van der Waals surface area contributed by atoms with E-state index in [1.54, 1.807) is 25.2 Å². The van der Waals surface area contributed by atoms with Crippen LogP contribution < -0.4 is 14.2 Å². The van der Waals surface area contributed by atoms with Gasteiger partial charge in [0.1, 0.15) is 5.75 Å². The topological polar surface area (TPSA) is 57.2 Å². The molecule has 0 bridgehead atoms. The molecule has 0 saturated carbocycles. The number of aryl methyl sites for hydroxylation is 1. The van der Waals surface area contributed by atoms with Crippen molar-refractivity contribution >= 4 is 5.91 Å². The van der Waals surface area contributed by atoms with Crippen LogP contribution in [0.5, 0.6) is 17.2 Å². The molecule has 0 N–H and O–H groups in total. The number of methoxy groups -OCH3 is 2. The van der Waals surface area contributed by atoms with Gasteiger partial charge in [-0.25, -0.2) is 0 Å². The molecule has 0 aliphatic carbocycles. The molecule has 2 aromatic rings. The normalized spacial score (nSPS) is 13.3. The van der Waals surface area contributed by atoms with Crippen LogP contribution in [0.2, 0.25) is 0 Å². The first-order valence-electron chi connectivity index (χ1n) is 8.87. The number of rotatable bonds is 7. The van der Waals surface area contributed by atoms with Crippen LogP contribution in [-0.2, 0) is 11.3 Å². The molecule has 3 rings (SSSR count). The Morgan fingerprint density at radius 3 is 2.70 bits per heavy atom. The maximum Gasteiger partial charge on any atom is 0.258 e. The van der Waals surface area contributed by atoms with Gasteiger partial charge in [0.25, 0.3) is 5.91 Å². The van der Waals surface area contributed by atoms with Crippen molar-refractivity contribution in [2.45, 2.75) is 26.4 Å². The van der Waals surface area contributed by atoms with Crippen LogP contribution in [-0.4, -0.2) is 44.5 Å².